The highest BCUT2D eigenvalue weighted by atomic mass is 32.2. The van der Waals surface area contributed by atoms with Crippen LogP contribution in [0.4, 0.5) is 0 Å². The molecule has 1 aliphatic carbocycles. The van der Waals surface area contributed by atoms with Crippen molar-refractivity contribution in [1.29, 1.82) is 0 Å². The third-order valence-electron chi connectivity index (χ3n) is 2.59. The van der Waals surface area contributed by atoms with Crippen molar-refractivity contribution < 1.29 is 4.79 Å². The molecule has 1 saturated carbocycles. The summed E-state index contributed by atoms with van der Waals surface area (Å²) >= 11 is 1.37. The lowest BCUT2D eigenvalue weighted by atomic mass is 10.2. The van der Waals surface area contributed by atoms with Gasteiger partial charge in [0.15, 0.2) is 5.16 Å². The zero-order valence-electron chi connectivity index (χ0n) is 9.22. The van der Waals surface area contributed by atoms with Gasteiger partial charge in [0.2, 0.25) is 5.91 Å². The van der Waals surface area contributed by atoms with E-state index < -0.39 is 0 Å². The third-order valence-corrected chi connectivity index (χ3v) is 3.47. The quantitative estimate of drug-likeness (QED) is 0.622. The number of carbonyl (C=O) groups is 1. The van der Waals surface area contributed by atoms with E-state index in [1.807, 2.05) is 0 Å². The Morgan fingerprint density at radius 3 is 2.88 bits per heavy atom. The van der Waals surface area contributed by atoms with Gasteiger partial charge in [-0.1, -0.05) is 11.8 Å². The molecule has 0 bridgehead atoms. The first-order chi connectivity index (χ1) is 7.75. The molecular formula is C11H15N3OS. The van der Waals surface area contributed by atoms with E-state index in [0.717, 1.165) is 0 Å². The molecule has 0 radical (unpaired) electrons. The van der Waals surface area contributed by atoms with Gasteiger partial charge in [0.25, 0.3) is 0 Å². The number of rotatable bonds is 5. The van der Waals surface area contributed by atoms with Crippen LogP contribution in [-0.4, -0.2) is 27.7 Å². The van der Waals surface area contributed by atoms with E-state index in [2.05, 4.69) is 22.2 Å². The van der Waals surface area contributed by atoms with Crippen molar-refractivity contribution in [3.05, 3.63) is 18.5 Å². The number of aromatic nitrogens is 2. The monoisotopic (exact) mass is 237 g/mol. The Kier molecular flexibility index (Phi) is 3.77. The first-order valence-electron chi connectivity index (χ1n) is 5.45. The molecule has 16 heavy (non-hydrogen) atoms. The average Bonchev–Trinajstić information content (AvgIpc) is 3.11. The third kappa shape index (κ3) is 3.48. The summed E-state index contributed by atoms with van der Waals surface area (Å²) in [6, 6.07) is 2.07. The van der Waals surface area contributed by atoms with Crippen molar-refractivity contribution in [3.63, 3.8) is 0 Å². The van der Waals surface area contributed by atoms with Crippen molar-refractivity contribution in [3.8, 4) is 0 Å². The second kappa shape index (κ2) is 5.30. The molecule has 1 amide bonds. The van der Waals surface area contributed by atoms with E-state index in [0.29, 0.717) is 22.9 Å². The topological polar surface area (TPSA) is 54.9 Å². The summed E-state index contributed by atoms with van der Waals surface area (Å²) in [6.07, 6.45) is 5.85. The van der Waals surface area contributed by atoms with E-state index in [-0.39, 0.29) is 5.91 Å². The Bertz CT molecular complexity index is 354. The van der Waals surface area contributed by atoms with E-state index >= 15 is 0 Å². The van der Waals surface area contributed by atoms with Crippen molar-refractivity contribution in [2.75, 3.05) is 5.75 Å². The Balaban J connectivity index is 1.71. The maximum Gasteiger partial charge on any atom is 0.230 e. The smallest absolute Gasteiger partial charge is 0.230 e. The van der Waals surface area contributed by atoms with Gasteiger partial charge < -0.3 is 5.32 Å². The van der Waals surface area contributed by atoms with Crippen molar-refractivity contribution in [1.82, 2.24) is 15.3 Å². The molecule has 0 aliphatic heterocycles. The molecule has 1 fully saturated rings. The predicted molar refractivity (Wildman–Crippen MR) is 63.1 cm³/mol. The molecule has 0 aromatic carbocycles. The minimum Gasteiger partial charge on any atom is -0.353 e. The summed E-state index contributed by atoms with van der Waals surface area (Å²) in [7, 11) is 0. The minimum absolute atomic E-state index is 0.0665. The first-order valence-corrected chi connectivity index (χ1v) is 6.43. The largest absolute Gasteiger partial charge is 0.353 e. The van der Waals surface area contributed by atoms with Crippen LogP contribution in [0.1, 0.15) is 19.8 Å². The van der Waals surface area contributed by atoms with Crippen molar-refractivity contribution in [2.45, 2.75) is 31.0 Å². The number of amides is 1. The normalized spacial score (nSPS) is 16.8. The van der Waals surface area contributed by atoms with Gasteiger partial charge in [-0.05, 0) is 31.7 Å². The summed E-state index contributed by atoms with van der Waals surface area (Å²) in [6.45, 7) is 2.07. The number of carbonyl (C=O) groups excluding carboxylic acids is 1. The van der Waals surface area contributed by atoms with E-state index in [4.69, 9.17) is 0 Å². The fraction of sp³-hybridized carbons (Fsp3) is 0.545. The van der Waals surface area contributed by atoms with Gasteiger partial charge in [-0.2, -0.15) is 0 Å². The lowest BCUT2D eigenvalue weighted by Crippen LogP contribution is -2.35. The van der Waals surface area contributed by atoms with Gasteiger partial charge in [0.05, 0.1) is 5.75 Å². The fourth-order valence-electron chi connectivity index (χ4n) is 1.50. The van der Waals surface area contributed by atoms with Crippen LogP contribution in [0.5, 0.6) is 0 Å². The maximum atomic E-state index is 11.6. The maximum absolute atomic E-state index is 11.6. The standard InChI is InChI=1S/C11H15N3OS/c1-8(9-3-4-9)14-10(15)7-16-11-12-5-2-6-13-11/h2,5-6,8-9H,3-4,7H2,1H3,(H,14,15)/t8-/m0/s1. The number of nitrogens with one attached hydrogen (secondary N) is 1. The molecule has 86 valence electrons. The Labute approximate surface area is 99.3 Å². The predicted octanol–water partition coefficient (Wildman–Crippen LogP) is 1.48. The molecule has 0 spiro atoms. The molecule has 1 aliphatic rings. The van der Waals surface area contributed by atoms with Crippen LogP contribution in [0.3, 0.4) is 0 Å². The zero-order valence-corrected chi connectivity index (χ0v) is 10.0. The number of hydrogen-bond donors (Lipinski definition) is 1. The SMILES string of the molecule is C[C@H](NC(=O)CSc1ncccn1)C1CC1. The molecule has 1 aromatic heterocycles. The van der Waals surface area contributed by atoms with Crippen LogP contribution < -0.4 is 5.32 Å². The van der Waals surface area contributed by atoms with Gasteiger partial charge in [-0.15, -0.1) is 0 Å². The molecule has 0 unspecified atom stereocenters. The lowest BCUT2D eigenvalue weighted by molar-refractivity contribution is -0.119. The van der Waals surface area contributed by atoms with Gasteiger partial charge in [0, 0.05) is 18.4 Å². The molecule has 1 atom stereocenters. The molecular weight excluding hydrogens is 222 g/mol. The van der Waals surface area contributed by atoms with E-state index in [1.54, 1.807) is 18.5 Å². The van der Waals surface area contributed by atoms with Gasteiger partial charge in [0.1, 0.15) is 0 Å². The molecule has 1 heterocycles. The summed E-state index contributed by atoms with van der Waals surface area (Å²) in [5, 5.41) is 3.65. The Morgan fingerprint density at radius 1 is 1.56 bits per heavy atom. The molecule has 2 rings (SSSR count). The van der Waals surface area contributed by atoms with Crippen molar-refractivity contribution >= 4 is 17.7 Å². The molecule has 0 saturated heterocycles. The molecule has 1 aromatic rings. The average molecular weight is 237 g/mol. The van der Waals surface area contributed by atoms with Crippen LogP contribution in [0, 0.1) is 5.92 Å². The molecule has 5 heteroatoms. The lowest BCUT2D eigenvalue weighted by Gasteiger charge is -2.11. The Morgan fingerprint density at radius 2 is 2.25 bits per heavy atom. The van der Waals surface area contributed by atoms with Crippen LogP contribution in [0.25, 0.3) is 0 Å². The molecule has 1 N–H and O–H groups in total. The Hall–Kier alpha value is -1.10. The van der Waals surface area contributed by atoms with Crippen LogP contribution >= 0.6 is 11.8 Å². The van der Waals surface area contributed by atoms with Crippen LogP contribution in [0.2, 0.25) is 0 Å². The first kappa shape index (κ1) is 11.4. The van der Waals surface area contributed by atoms with Gasteiger partial charge in [-0.25, -0.2) is 9.97 Å². The summed E-state index contributed by atoms with van der Waals surface area (Å²) in [5.74, 6) is 1.15. The van der Waals surface area contributed by atoms with Gasteiger partial charge in [-0.3, -0.25) is 4.79 Å². The second-order valence-corrected chi connectivity index (χ2v) is 4.96. The molecule has 4 nitrogen and oxygen atoms in total. The minimum atomic E-state index is 0.0665. The summed E-state index contributed by atoms with van der Waals surface area (Å²) in [4.78, 5) is 19.7. The number of hydrogen-bond acceptors (Lipinski definition) is 4. The van der Waals surface area contributed by atoms with Crippen LogP contribution in [0.15, 0.2) is 23.6 Å². The number of nitrogens with zero attached hydrogens (tertiary/aromatic N) is 2. The van der Waals surface area contributed by atoms with E-state index in [1.165, 1.54) is 24.6 Å². The highest BCUT2D eigenvalue weighted by Crippen LogP contribution is 2.32. The number of thioether (sulfide) groups is 1. The zero-order chi connectivity index (χ0) is 11.4. The van der Waals surface area contributed by atoms with Gasteiger partial charge >= 0.3 is 0 Å². The summed E-state index contributed by atoms with van der Waals surface area (Å²) < 4.78 is 0. The fourth-order valence-corrected chi connectivity index (χ4v) is 2.11. The highest BCUT2D eigenvalue weighted by Gasteiger charge is 2.28. The van der Waals surface area contributed by atoms with Crippen molar-refractivity contribution in [2.24, 2.45) is 5.92 Å². The van der Waals surface area contributed by atoms with Crippen LogP contribution in [-0.2, 0) is 4.79 Å². The van der Waals surface area contributed by atoms with E-state index in [9.17, 15) is 4.79 Å². The summed E-state index contributed by atoms with van der Waals surface area (Å²) in [5.41, 5.74) is 0. The highest BCUT2D eigenvalue weighted by molar-refractivity contribution is 7.99. The second-order valence-electron chi connectivity index (χ2n) is 4.01.